The molecule has 43 heavy (non-hydrogen) atoms. The van der Waals surface area contributed by atoms with E-state index in [1.165, 1.54) is 12.1 Å². The van der Waals surface area contributed by atoms with Gasteiger partial charge in [0.05, 0.1) is 0 Å². The molecule has 2 atom stereocenters. The number of phenols is 1. The zero-order chi connectivity index (χ0) is 31.3. The second-order valence-corrected chi connectivity index (χ2v) is 12.0. The van der Waals surface area contributed by atoms with Gasteiger partial charge < -0.3 is 25.4 Å². The fraction of sp³-hybridized carbons (Fsp3) is 0.343. The van der Waals surface area contributed by atoms with Crippen molar-refractivity contribution in [3.63, 3.8) is 0 Å². The summed E-state index contributed by atoms with van der Waals surface area (Å²) >= 11 is 0. The number of phenolic OH excluding ortho intramolecular Hbond substituents is 1. The first-order valence-electron chi connectivity index (χ1n) is 14.4. The molecule has 1 fully saturated rings. The second kappa shape index (κ2) is 13.0. The lowest BCUT2D eigenvalue weighted by Crippen LogP contribution is -2.54. The minimum absolute atomic E-state index is 0.0879. The molecule has 1 aliphatic carbocycles. The monoisotopic (exact) mass is 581 g/mol. The summed E-state index contributed by atoms with van der Waals surface area (Å²) < 4.78 is 5.50. The number of amides is 3. The van der Waals surface area contributed by atoms with Crippen molar-refractivity contribution in [3.8, 4) is 18.1 Å². The normalized spacial score (nSPS) is 14.1. The number of aryl methyl sites for hydroxylation is 2. The molecule has 8 heteroatoms. The zero-order valence-electron chi connectivity index (χ0n) is 25.3. The van der Waals surface area contributed by atoms with E-state index in [0.29, 0.717) is 16.8 Å². The zero-order valence-corrected chi connectivity index (χ0v) is 25.3. The van der Waals surface area contributed by atoms with Gasteiger partial charge in [-0.3, -0.25) is 9.59 Å². The maximum Gasteiger partial charge on any atom is 0.408 e. The number of nitrogens with one attached hydrogen (secondary N) is 2. The number of rotatable bonds is 9. The van der Waals surface area contributed by atoms with Crippen molar-refractivity contribution in [2.24, 2.45) is 0 Å². The fourth-order valence-electron chi connectivity index (χ4n) is 4.97. The Morgan fingerprint density at radius 1 is 1.00 bits per heavy atom. The van der Waals surface area contributed by atoms with Crippen molar-refractivity contribution < 1.29 is 24.2 Å². The van der Waals surface area contributed by atoms with Gasteiger partial charge in [-0.15, -0.1) is 6.42 Å². The highest BCUT2D eigenvalue weighted by molar-refractivity contribution is 6.00. The third-order valence-electron chi connectivity index (χ3n) is 7.21. The summed E-state index contributed by atoms with van der Waals surface area (Å²) in [6.45, 7) is 9.07. The molecule has 3 aromatic carbocycles. The van der Waals surface area contributed by atoms with E-state index in [0.717, 1.165) is 29.5 Å². The van der Waals surface area contributed by atoms with E-state index in [4.69, 9.17) is 11.2 Å². The van der Waals surface area contributed by atoms with E-state index < -0.39 is 29.7 Å². The second-order valence-electron chi connectivity index (χ2n) is 12.0. The molecule has 0 radical (unpaired) electrons. The Hall–Kier alpha value is -4.77. The third kappa shape index (κ3) is 8.16. The lowest BCUT2D eigenvalue weighted by Gasteiger charge is -2.35. The first-order chi connectivity index (χ1) is 20.4. The number of alkyl carbamates (subject to hydrolysis) is 1. The van der Waals surface area contributed by atoms with Crippen LogP contribution in [0.3, 0.4) is 0 Å². The Labute approximate surface area is 253 Å². The summed E-state index contributed by atoms with van der Waals surface area (Å²) in [5, 5.41) is 15.6. The quantitative estimate of drug-likeness (QED) is 0.277. The summed E-state index contributed by atoms with van der Waals surface area (Å²) in [5.74, 6) is 1.90. The van der Waals surface area contributed by atoms with Crippen LogP contribution in [0.4, 0.5) is 10.5 Å². The molecule has 0 aliphatic heterocycles. The van der Waals surface area contributed by atoms with Crippen LogP contribution in [0.5, 0.6) is 5.75 Å². The van der Waals surface area contributed by atoms with Crippen molar-refractivity contribution in [1.29, 1.82) is 0 Å². The fourth-order valence-corrected chi connectivity index (χ4v) is 4.97. The number of anilines is 1. The highest BCUT2D eigenvalue weighted by Crippen LogP contribution is 2.37. The molecule has 3 N–H and O–H groups in total. The number of benzene rings is 3. The Bertz CT molecular complexity index is 1490. The lowest BCUT2D eigenvalue weighted by molar-refractivity contribution is -0.141. The molecular weight excluding hydrogens is 542 g/mol. The predicted molar refractivity (Wildman–Crippen MR) is 167 cm³/mol. The maximum atomic E-state index is 14.5. The third-order valence-corrected chi connectivity index (χ3v) is 7.21. The van der Waals surface area contributed by atoms with Gasteiger partial charge in [0.1, 0.15) is 23.4 Å². The Balaban J connectivity index is 1.75. The van der Waals surface area contributed by atoms with Crippen molar-refractivity contribution in [2.75, 3.05) is 5.32 Å². The number of hydrogen-bond acceptors (Lipinski definition) is 5. The molecule has 0 heterocycles. The van der Waals surface area contributed by atoms with Crippen LogP contribution in [0.1, 0.15) is 67.5 Å². The molecule has 0 aromatic heterocycles. The van der Waals surface area contributed by atoms with E-state index in [2.05, 4.69) is 16.6 Å². The Morgan fingerprint density at radius 2 is 1.60 bits per heavy atom. The highest BCUT2D eigenvalue weighted by atomic mass is 16.6. The molecule has 2 unspecified atom stereocenters. The summed E-state index contributed by atoms with van der Waals surface area (Å²) in [7, 11) is 0. The van der Waals surface area contributed by atoms with Crippen LogP contribution in [-0.4, -0.2) is 45.6 Å². The largest absolute Gasteiger partial charge is 0.508 e. The van der Waals surface area contributed by atoms with Gasteiger partial charge in [-0.25, -0.2) is 4.79 Å². The van der Waals surface area contributed by atoms with Crippen LogP contribution in [0.15, 0.2) is 66.7 Å². The first-order valence-corrected chi connectivity index (χ1v) is 14.4. The Morgan fingerprint density at radius 3 is 2.14 bits per heavy atom. The molecule has 3 aromatic rings. The topological polar surface area (TPSA) is 108 Å². The standard InChI is InChI=1S/C35H39N3O5/c1-7-24-11-15-26(16-12-24)31(32(40)37-30-22(2)9-8-10-23(30)3)38(27-17-18-27)33(41)29(36-34(42)43-35(4,5)6)21-25-13-19-28(39)20-14-25/h1,8-16,19-20,27,29,31,39H,17-18,21H2,2-6H3,(H,36,42)(H,37,40). The van der Waals surface area contributed by atoms with Gasteiger partial charge in [0.15, 0.2) is 0 Å². The molecule has 1 saturated carbocycles. The van der Waals surface area contributed by atoms with Gasteiger partial charge in [0.25, 0.3) is 5.91 Å². The van der Waals surface area contributed by atoms with E-state index in [9.17, 15) is 19.5 Å². The number of terminal acetylenes is 1. The van der Waals surface area contributed by atoms with Crippen LogP contribution in [0.2, 0.25) is 0 Å². The van der Waals surface area contributed by atoms with Crippen molar-refractivity contribution in [3.05, 3.63) is 94.5 Å². The summed E-state index contributed by atoms with van der Waals surface area (Å²) in [6.07, 6.45) is 6.42. The van der Waals surface area contributed by atoms with Crippen LogP contribution in [0, 0.1) is 26.2 Å². The van der Waals surface area contributed by atoms with Gasteiger partial charge >= 0.3 is 6.09 Å². The van der Waals surface area contributed by atoms with E-state index in [1.54, 1.807) is 62.1 Å². The van der Waals surface area contributed by atoms with Gasteiger partial charge in [0, 0.05) is 23.7 Å². The van der Waals surface area contributed by atoms with Gasteiger partial charge in [-0.1, -0.05) is 48.4 Å². The van der Waals surface area contributed by atoms with Crippen molar-refractivity contribution in [1.82, 2.24) is 10.2 Å². The Kier molecular flexibility index (Phi) is 9.45. The molecule has 0 saturated heterocycles. The lowest BCUT2D eigenvalue weighted by atomic mass is 9.98. The van der Waals surface area contributed by atoms with Crippen molar-refractivity contribution in [2.45, 2.75) is 77.6 Å². The van der Waals surface area contributed by atoms with Crippen LogP contribution >= 0.6 is 0 Å². The first kappa shape index (κ1) is 31.2. The molecule has 0 bridgehead atoms. The summed E-state index contributed by atoms with van der Waals surface area (Å²) in [4.78, 5) is 43.3. The minimum atomic E-state index is -1.04. The molecule has 0 spiro atoms. The smallest absolute Gasteiger partial charge is 0.408 e. The highest BCUT2D eigenvalue weighted by Gasteiger charge is 2.44. The average molecular weight is 582 g/mol. The number of ether oxygens (including phenoxy) is 1. The van der Waals surface area contributed by atoms with Gasteiger partial charge in [-0.2, -0.15) is 0 Å². The molecule has 224 valence electrons. The van der Waals surface area contributed by atoms with Gasteiger partial charge in [-0.05, 0) is 94.0 Å². The molecular formula is C35H39N3O5. The minimum Gasteiger partial charge on any atom is -0.508 e. The van der Waals surface area contributed by atoms with Gasteiger partial charge in [0.2, 0.25) is 5.91 Å². The number of aromatic hydroxyl groups is 1. The summed E-state index contributed by atoms with van der Waals surface area (Å²) in [5.41, 5.74) is 3.68. The number of para-hydroxylation sites is 1. The summed E-state index contributed by atoms with van der Waals surface area (Å²) in [6, 6.07) is 17.0. The number of carbonyl (C=O) groups is 3. The van der Waals surface area contributed by atoms with E-state index in [1.807, 2.05) is 32.0 Å². The van der Waals surface area contributed by atoms with E-state index in [-0.39, 0.29) is 24.1 Å². The number of carbonyl (C=O) groups excluding carboxylic acids is 3. The van der Waals surface area contributed by atoms with Crippen LogP contribution < -0.4 is 10.6 Å². The molecule has 8 nitrogen and oxygen atoms in total. The predicted octanol–water partition coefficient (Wildman–Crippen LogP) is 5.80. The number of nitrogens with zero attached hydrogens (tertiary/aromatic N) is 1. The molecule has 4 rings (SSSR count). The molecule has 3 amide bonds. The number of hydrogen-bond donors (Lipinski definition) is 3. The SMILES string of the molecule is C#Cc1ccc(C(C(=O)Nc2c(C)cccc2C)N(C(=O)C(Cc2ccc(O)cc2)NC(=O)OC(C)(C)C)C2CC2)cc1. The van der Waals surface area contributed by atoms with Crippen LogP contribution in [0.25, 0.3) is 0 Å². The van der Waals surface area contributed by atoms with Crippen LogP contribution in [-0.2, 0) is 20.7 Å². The van der Waals surface area contributed by atoms with Crippen molar-refractivity contribution >= 4 is 23.6 Å². The average Bonchev–Trinajstić information content (AvgIpc) is 3.78. The molecule has 1 aliphatic rings. The maximum absolute atomic E-state index is 14.5. The van der Waals surface area contributed by atoms with E-state index >= 15 is 0 Å².